The maximum atomic E-state index is 11.7. The molecule has 2 N–H and O–H groups in total. The van der Waals surface area contributed by atoms with Gasteiger partial charge in [0.25, 0.3) is 5.91 Å². The van der Waals surface area contributed by atoms with Crippen molar-refractivity contribution in [3.63, 3.8) is 0 Å². The van der Waals surface area contributed by atoms with Gasteiger partial charge in [-0.3, -0.25) is 4.79 Å². The summed E-state index contributed by atoms with van der Waals surface area (Å²) < 4.78 is 0. The number of amides is 1. The first-order valence-electron chi connectivity index (χ1n) is 6.55. The van der Waals surface area contributed by atoms with E-state index in [1.54, 1.807) is 0 Å². The van der Waals surface area contributed by atoms with E-state index in [1.165, 1.54) is 19.2 Å². The second kappa shape index (κ2) is 6.17. The van der Waals surface area contributed by atoms with Crippen molar-refractivity contribution in [1.82, 2.24) is 10.3 Å². The molecular weight excluding hydrogens is 268 g/mol. The quantitative estimate of drug-likeness (QED) is 0.902. The van der Waals surface area contributed by atoms with Gasteiger partial charge in [-0.1, -0.05) is 37.3 Å². The molecule has 0 radical (unpaired) electrons. The molecular formula is C16H16N2O3. The zero-order chi connectivity index (χ0) is 15.4. The highest BCUT2D eigenvalue weighted by Crippen LogP contribution is 2.23. The zero-order valence-electron chi connectivity index (χ0n) is 11.8. The first-order valence-corrected chi connectivity index (χ1v) is 6.55. The molecule has 1 unspecified atom stereocenters. The van der Waals surface area contributed by atoms with Gasteiger partial charge in [-0.05, 0) is 17.7 Å². The molecule has 1 aromatic carbocycles. The molecule has 2 rings (SSSR count). The zero-order valence-corrected chi connectivity index (χ0v) is 11.8. The predicted molar refractivity (Wildman–Crippen MR) is 78.5 cm³/mol. The van der Waals surface area contributed by atoms with E-state index in [-0.39, 0.29) is 17.2 Å². The lowest BCUT2D eigenvalue weighted by Gasteiger charge is -2.13. The Morgan fingerprint density at radius 3 is 2.43 bits per heavy atom. The molecule has 1 aromatic heterocycles. The maximum absolute atomic E-state index is 11.7. The van der Waals surface area contributed by atoms with Gasteiger partial charge >= 0.3 is 5.97 Å². The highest BCUT2D eigenvalue weighted by molar-refractivity contribution is 5.95. The smallest absolute Gasteiger partial charge is 0.335 e. The van der Waals surface area contributed by atoms with E-state index >= 15 is 0 Å². The number of hydrogen-bond acceptors (Lipinski definition) is 3. The van der Waals surface area contributed by atoms with Crippen LogP contribution in [0, 0.1) is 0 Å². The number of carboxylic acid groups (broad SMARTS) is 1. The minimum Gasteiger partial charge on any atom is -0.478 e. The Kier molecular flexibility index (Phi) is 4.33. The number of aromatic carboxylic acids is 1. The van der Waals surface area contributed by atoms with E-state index in [0.29, 0.717) is 5.69 Å². The van der Waals surface area contributed by atoms with Crippen LogP contribution in [0.4, 0.5) is 0 Å². The standard InChI is InChI=1S/C16H16N2O3/c1-10(11-6-4-3-5-7-11)13-8-12(16(20)21)9-14(18-13)15(19)17-2/h3-10H,1-2H3,(H,17,19)(H,20,21). The normalized spacial score (nSPS) is 11.7. The van der Waals surface area contributed by atoms with Gasteiger partial charge in [0.1, 0.15) is 5.69 Å². The predicted octanol–water partition coefficient (Wildman–Crippen LogP) is 2.29. The third-order valence-corrected chi connectivity index (χ3v) is 3.30. The van der Waals surface area contributed by atoms with Gasteiger partial charge in [-0.15, -0.1) is 0 Å². The Balaban J connectivity index is 2.50. The Labute approximate surface area is 122 Å². The minimum absolute atomic E-state index is 0.0568. The van der Waals surface area contributed by atoms with E-state index in [9.17, 15) is 14.7 Å². The summed E-state index contributed by atoms with van der Waals surface area (Å²) in [5.41, 5.74) is 1.73. The highest BCUT2D eigenvalue weighted by Gasteiger charge is 2.17. The van der Waals surface area contributed by atoms with Crippen LogP contribution in [-0.4, -0.2) is 29.0 Å². The summed E-state index contributed by atoms with van der Waals surface area (Å²) in [6.07, 6.45) is 0. The lowest BCUT2D eigenvalue weighted by molar-refractivity contribution is 0.0696. The number of nitrogens with one attached hydrogen (secondary N) is 1. The Morgan fingerprint density at radius 2 is 1.86 bits per heavy atom. The summed E-state index contributed by atoms with van der Waals surface area (Å²) in [5.74, 6) is -1.59. The maximum Gasteiger partial charge on any atom is 0.335 e. The number of pyridine rings is 1. The van der Waals surface area contributed by atoms with Crippen LogP contribution in [0.5, 0.6) is 0 Å². The van der Waals surface area contributed by atoms with Gasteiger partial charge < -0.3 is 10.4 Å². The molecule has 1 amide bonds. The van der Waals surface area contributed by atoms with Crippen molar-refractivity contribution in [2.75, 3.05) is 7.05 Å². The van der Waals surface area contributed by atoms with Crippen molar-refractivity contribution < 1.29 is 14.7 Å². The number of nitrogens with zero attached hydrogens (tertiary/aromatic N) is 1. The minimum atomic E-state index is -1.08. The molecule has 108 valence electrons. The Morgan fingerprint density at radius 1 is 1.19 bits per heavy atom. The average molecular weight is 284 g/mol. The summed E-state index contributed by atoms with van der Waals surface area (Å²) in [5, 5.41) is 11.6. The Hall–Kier alpha value is -2.69. The lowest BCUT2D eigenvalue weighted by atomic mass is 9.96. The molecule has 0 bridgehead atoms. The third-order valence-electron chi connectivity index (χ3n) is 3.30. The first-order chi connectivity index (χ1) is 10.0. The fourth-order valence-corrected chi connectivity index (χ4v) is 2.05. The van der Waals surface area contributed by atoms with E-state index < -0.39 is 11.9 Å². The van der Waals surface area contributed by atoms with Crippen LogP contribution < -0.4 is 5.32 Å². The molecule has 2 aromatic rings. The molecule has 5 nitrogen and oxygen atoms in total. The van der Waals surface area contributed by atoms with Crippen LogP contribution in [0.3, 0.4) is 0 Å². The molecule has 1 atom stereocenters. The molecule has 0 saturated heterocycles. The SMILES string of the molecule is CNC(=O)c1cc(C(=O)O)cc(C(C)c2ccccc2)n1. The number of benzene rings is 1. The number of carbonyl (C=O) groups is 2. The molecule has 0 spiro atoms. The fourth-order valence-electron chi connectivity index (χ4n) is 2.05. The topological polar surface area (TPSA) is 79.3 Å². The summed E-state index contributed by atoms with van der Waals surface area (Å²) in [4.78, 5) is 27.2. The largest absolute Gasteiger partial charge is 0.478 e. The van der Waals surface area contributed by atoms with Crippen molar-refractivity contribution >= 4 is 11.9 Å². The molecule has 0 aliphatic carbocycles. The monoisotopic (exact) mass is 284 g/mol. The van der Waals surface area contributed by atoms with Gasteiger partial charge in [-0.25, -0.2) is 9.78 Å². The van der Waals surface area contributed by atoms with Gasteiger partial charge in [0.15, 0.2) is 0 Å². The van der Waals surface area contributed by atoms with Crippen molar-refractivity contribution in [3.8, 4) is 0 Å². The molecule has 0 aliphatic heterocycles. The van der Waals surface area contributed by atoms with Crippen molar-refractivity contribution in [1.29, 1.82) is 0 Å². The number of carbonyl (C=O) groups excluding carboxylic acids is 1. The molecule has 5 heteroatoms. The number of aromatic nitrogens is 1. The first kappa shape index (κ1) is 14.7. The summed E-state index contributed by atoms with van der Waals surface area (Å²) in [6.45, 7) is 1.93. The second-order valence-corrected chi connectivity index (χ2v) is 4.68. The van der Waals surface area contributed by atoms with E-state index in [1.807, 2.05) is 37.3 Å². The fraction of sp³-hybridized carbons (Fsp3) is 0.188. The summed E-state index contributed by atoms with van der Waals surface area (Å²) in [6, 6.07) is 12.4. The summed E-state index contributed by atoms with van der Waals surface area (Å²) in [7, 11) is 1.48. The van der Waals surface area contributed by atoms with Gasteiger partial charge in [-0.2, -0.15) is 0 Å². The highest BCUT2D eigenvalue weighted by atomic mass is 16.4. The number of rotatable bonds is 4. The average Bonchev–Trinajstić information content (AvgIpc) is 2.53. The van der Waals surface area contributed by atoms with E-state index in [4.69, 9.17) is 0 Å². The molecule has 0 saturated carbocycles. The molecule has 1 heterocycles. The molecule has 0 fully saturated rings. The molecule has 0 aliphatic rings. The van der Waals surface area contributed by atoms with E-state index in [2.05, 4.69) is 10.3 Å². The van der Waals surface area contributed by atoms with Crippen LogP contribution in [0.25, 0.3) is 0 Å². The van der Waals surface area contributed by atoms with Crippen LogP contribution in [-0.2, 0) is 0 Å². The van der Waals surface area contributed by atoms with Crippen LogP contribution >= 0.6 is 0 Å². The lowest BCUT2D eigenvalue weighted by Crippen LogP contribution is -2.21. The van der Waals surface area contributed by atoms with E-state index in [0.717, 1.165) is 5.56 Å². The Bertz CT molecular complexity index is 668. The summed E-state index contributed by atoms with van der Waals surface area (Å²) >= 11 is 0. The van der Waals surface area contributed by atoms with Crippen molar-refractivity contribution in [2.45, 2.75) is 12.8 Å². The number of hydrogen-bond donors (Lipinski definition) is 2. The van der Waals surface area contributed by atoms with Crippen LogP contribution in [0.1, 0.15) is 44.9 Å². The number of carboxylic acids is 1. The van der Waals surface area contributed by atoms with Crippen LogP contribution in [0.15, 0.2) is 42.5 Å². The van der Waals surface area contributed by atoms with Crippen molar-refractivity contribution in [2.24, 2.45) is 0 Å². The molecule has 21 heavy (non-hydrogen) atoms. The third kappa shape index (κ3) is 3.25. The van der Waals surface area contributed by atoms with Gasteiger partial charge in [0, 0.05) is 18.7 Å². The van der Waals surface area contributed by atoms with Gasteiger partial charge in [0.2, 0.25) is 0 Å². The van der Waals surface area contributed by atoms with Crippen LogP contribution in [0.2, 0.25) is 0 Å². The second-order valence-electron chi connectivity index (χ2n) is 4.68. The van der Waals surface area contributed by atoms with Gasteiger partial charge in [0.05, 0.1) is 5.56 Å². The van der Waals surface area contributed by atoms with Crippen molar-refractivity contribution in [3.05, 3.63) is 65.0 Å².